The third-order valence-electron chi connectivity index (χ3n) is 4.90. The molecule has 0 unspecified atom stereocenters. The number of aliphatic imine (C=N–C) groups is 1. The maximum atomic E-state index is 5.58. The zero-order chi connectivity index (χ0) is 20.2. The lowest BCUT2D eigenvalue weighted by Gasteiger charge is -2.31. The Labute approximate surface area is 169 Å². The first-order valence-corrected chi connectivity index (χ1v) is 10.3. The van der Waals surface area contributed by atoms with Gasteiger partial charge >= 0.3 is 0 Å². The molecule has 1 fully saturated rings. The Hall–Kier alpha value is -1.99. The van der Waals surface area contributed by atoms with Crippen LogP contribution >= 0.6 is 0 Å². The van der Waals surface area contributed by atoms with Crippen molar-refractivity contribution in [1.29, 1.82) is 0 Å². The predicted octanol–water partition coefficient (Wildman–Crippen LogP) is 2.83. The van der Waals surface area contributed by atoms with E-state index in [2.05, 4.69) is 22.5 Å². The zero-order valence-electron chi connectivity index (χ0n) is 17.8. The van der Waals surface area contributed by atoms with Gasteiger partial charge in [-0.2, -0.15) is 0 Å². The van der Waals surface area contributed by atoms with Crippen LogP contribution in [0.2, 0.25) is 0 Å². The van der Waals surface area contributed by atoms with Crippen molar-refractivity contribution in [2.24, 2.45) is 10.9 Å². The second-order valence-corrected chi connectivity index (χ2v) is 6.92. The molecule has 1 heterocycles. The van der Waals surface area contributed by atoms with Crippen LogP contribution in [0.3, 0.4) is 0 Å². The van der Waals surface area contributed by atoms with E-state index in [1.165, 1.54) is 12.8 Å². The molecule has 0 amide bonds. The molecule has 0 aliphatic carbocycles. The number of piperidine rings is 1. The number of guanidine groups is 1. The first-order chi connectivity index (χ1) is 13.7. The van der Waals surface area contributed by atoms with Gasteiger partial charge in [0, 0.05) is 38.5 Å². The van der Waals surface area contributed by atoms with Crippen LogP contribution in [0.15, 0.2) is 23.2 Å². The highest BCUT2D eigenvalue weighted by atomic mass is 16.5. The quantitative estimate of drug-likeness (QED) is 0.471. The summed E-state index contributed by atoms with van der Waals surface area (Å²) < 4.78 is 16.2. The van der Waals surface area contributed by atoms with Gasteiger partial charge in [0.15, 0.2) is 17.5 Å². The summed E-state index contributed by atoms with van der Waals surface area (Å²) in [5, 5.41) is 6.70. The molecule has 28 heavy (non-hydrogen) atoms. The van der Waals surface area contributed by atoms with Crippen LogP contribution in [0.25, 0.3) is 0 Å². The normalized spacial score (nSPS) is 16.1. The molecule has 0 saturated carbocycles. The fourth-order valence-corrected chi connectivity index (χ4v) is 3.30. The molecule has 0 atom stereocenters. The smallest absolute Gasteiger partial charge is 0.195 e. The molecule has 1 aliphatic rings. The monoisotopic (exact) mass is 392 g/mol. The highest BCUT2D eigenvalue weighted by molar-refractivity contribution is 5.93. The van der Waals surface area contributed by atoms with Crippen LogP contribution in [-0.4, -0.2) is 71.0 Å². The maximum absolute atomic E-state index is 5.58. The standard InChI is InChI=1S/C21H36N4O3/c1-5-22-21(23-16-17-9-11-25(12-10-17)13-14-26-3)24-18-7-8-19(28-6-2)20(15-18)27-4/h7-8,15,17H,5-6,9-14,16H2,1-4H3,(H2,22,23,24). The SMILES string of the molecule is CCNC(=NCC1CCN(CCOC)CC1)Nc1ccc(OCC)c(OC)c1. The predicted molar refractivity (Wildman–Crippen MR) is 115 cm³/mol. The Kier molecular flexibility index (Phi) is 9.93. The van der Waals surface area contributed by atoms with Crippen LogP contribution < -0.4 is 20.1 Å². The fourth-order valence-electron chi connectivity index (χ4n) is 3.30. The molecule has 2 rings (SSSR count). The molecule has 2 N–H and O–H groups in total. The summed E-state index contributed by atoms with van der Waals surface area (Å²) in [5.74, 6) is 2.89. The molecule has 0 aromatic heterocycles. The molecule has 7 heteroatoms. The number of anilines is 1. The number of hydrogen-bond donors (Lipinski definition) is 2. The largest absolute Gasteiger partial charge is 0.493 e. The van der Waals surface area contributed by atoms with Gasteiger partial charge in [0.05, 0.1) is 20.3 Å². The summed E-state index contributed by atoms with van der Waals surface area (Å²) >= 11 is 0. The van der Waals surface area contributed by atoms with Gasteiger partial charge in [-0.15, -0.1) is 0 Å². The van der Waals surface area contributed by atoms with Gasteiger partial charge in [0.1, 0.15) is 0 Å². The van der Waals surface area contributed by atoms with E-state index in [0.717, 1.165) is 56.7 Å². The second kappa shape index (κ2) is 12.5. The lowest BCUT2D eigenvalue weighted by atomic mass is 9.97. The molecule has 0 radical (unpaired) electrons. The zero-order valence-corrected chi connectivity index (χ0v) is 17.8. The molecule has 1 aromatic rings. The van der Waals surface area contributed by atoms with Crippen LogP contribution in [0.4, 0.5) is 5.69 Å². The number of methoxy groups -OCH3 is 2. The number of likely N-dealkylation sites (tertiary alicyclic amines) is 1. The number of rotatable bonds is 10. The van der Waals surface area contributed by atoms with Gasteiger partial charge in [0.2, 0.25) is 0 Å². The minimum atomic E-state index is 0.609. The Morgan fingerprint density at radius 2 is 1.96 bits per heavy atom. The summed E-state index contributed by atoms with van der Waals surface area (Å²) in [6, 6.07) is 5.84. The summed E-state index contributed by atoms with van der Waals surface area (Å²) in [6.45, 7) is 10.4. The third kappa shape index (κ3) is 7.20. The highest BCUT2D eigenvalue weighted by Gasteiger charge is 2.18. The van der Waals surface area contributed by atoms with Crippen molar-refractivity contribution in [2.45, 2.75) is 26.7 Å². The molecule has 0 spiro atoms. The van der Waals surface area contributed by atoms with E-state index in [0.29, 0.717) is 18.3 Å². The van der Waals surface area contributed by atoms with Crippen LogP contribution in [0.5, 0.6) is 11.5 Å². The first-order valence-electron chi connectivity index (χ1n) is 10.3. The maximum Gasteiger partial charge on any atom is 0.195 e. The minimum absolute atomic E-state index is 0.609. The van der Waals surface area contributed by atoms with Crippen molar-refractivity contribution in [2.75, 3.05) is 65.5 Å². The Morgan fingerprint density at radius 3 is 2.61 bits per heavy atom. The summed E-state index contributed by atoms with van der Waals surface area (Å²) in [5.41, 5.74) is 0.925. The number of hydrogen-bond acceptors (Lipinski definition) is 5. The third-order valence-corrected chi connectivity index (χ3v) is 4.90. The summed E-state index contributed by atoms with van der Waals surface area (Å²) in [4.78, 5) is 7.28. The van der Waals surface area contributed by atoms with Gasteiger partial charge in [0.25, 0.3) is 0 Å². The first kappa shape index (κ1) is 22.3. The average Bonchev–Trinajstić information content (AvgIpc) is 2.72. The Bertz CT molecular complexity index is 601. The van der Waals surface area contributed by atoms with Crippen molar-refractivity contribution < 1.29 is 14.2 Å². The molecule has 1 saturated heterocycles. The molecule has 158 valence electrons. The van der Waals surface area contributed by atoms with Gasteiger partial charge in [-0.1, -0.05) is 0 Å². The highest BCUT2D eigenvalue weighted by Crippen LogP contribution is 2.30. The second-order valence-electron chi connectivity index (χ2n) is 6.92. The van der Waals surface area contributed by atoms with Gasteiger partial charge in [-0.05, 0) is 57.8 Å². The van der Waals surface area contributed by atoms with E-state index in [4.69, 9.17) is 19.2 Å². The lowest BCUT2D eigenvalue weighted by Crippen LogP contribution is -2.37. The molecular weight excluding hydrogens is 356 g/mol. The Morgan fingerprint density at radius 1 is 1.18 bits per heavy atom. The average molecular weight is 393 g/mol. The van der Waals surface area contributed by atoms with E-state index < -0.39 is 0 Å². The van der Waals surface area contributed by atoms with Gasteiger partial charge < -0.3 is 29.7 Å². The topological polar surface area (TPSA) is 67.4 Å². The van der Waals surface area contributed by atoms with E-state index in [-0.39, 0.29) is 0 Å². The van der Waals surface area contributed by atoms with E-state index in [1.54, 1.807) is 14.2 Å². The van der Waals surface area contributed by atoms with Gasteiger partial charge in [-0.25, -0.2) is 0 Å². The number of ether oxygens (including phenoxy) is 3. The van der Waals surface area contributed by atoms with E-state index in [9.17, 15) is 0 Å². The minimum Gasteiger partial charge on any atom is -0.493 e. The number of nitrogens with one attached hydrogen (secondary N) is 2. The van der Waals surface area contributed by atoms with Crippen LogP contribution in [0.1, 0.15) is 26.7 Å². The summed E-state index contributed by atoms with van der Waals surface area (Å²) in [7, 11) is 3.41. The van der Waals surface area contributed by atoms with Crippen LogP contribution in [-0.2, 0) is 4.74 Å². The van der Waals surface area contributed by atoms with Crippen molar-refractivity contribution in [1.82, 2.24) is 10.2 Å². The Balaban J connectivity index is 1.92. The molecule has 1 aliphatic heterocycles. The van der Waals surface area contributed by atoms with Crippen molar-refractivity contribution in [3.05, 3.63) is 18.2 Å². The number of benzene rings is 1. The lowest BCUT2D eigenvalue weighted by molar-refractivity contribution is 0.121. The van der Waals surface area contributed by atoms with Crippen molar-refractivity contribution in [3.8, 4) is 11.5 Å². The fraction of sp³-hybridized carbons (Fsp3) is 0.667. The summed E-state index contributed by atoms with van der Waals surface area (Å²) in [6.07, 6.45) is 2.37. The van der Waals surface area contributed by atoms with Crippen molar-refractivity contribution in [3.63, 3.8) is 0 Å². The van der Waals surface area contributed by atoms with Gasteiger partial charge in [-0.3, -0.25) is 4.99 Å². The number of nitrogens with zero attached hydrogens (tertiary/aromatic N) is 2. The van der Waals surface area contributed by atoms with E-state index in [1.807, 2.05) is 25.1 Å². The molecular formula is C21H36N4O3. The van der Waals surface area contributed by atoms with Crippen LogP contribution in [0, 0.1) is 5.92 Å². The van der Waals surface area contributed by atoms with Crippen molar-refractivity contribution >= 4 is 11.6 Å². The molecule has 1 aromatic carbocycles. The molecule has 7 nitrogen and oxygen atoms in total. The molecule has 0 bridgehead atoms. The van der Waals surface area contributed by atoms with E-state index >= 15 is 0 Å².